The molecule has 1 aromatic heterocycles. The van der Waals surface area contributed by atoms with E-state index < -0.39 is 5.60 Å². The van der Waals surface area contributed by atoms with Crippen LogP contribution in [0, 0.1) is 0 Å². The first kappa shape index (κ1) is 17.4. The number of hydrogen-bond acceptors (Lipinski definition) is 4. The lowest BCUT2D eigenvalue weighted by atomic mass is 9.99. The summed E-state index contributed by atoms with van der Waals surface area (Å²) in [6, 6.07) is 3.54. The zero-order chi connectivity index (χ0) is 15.7. The third-order valence-corrected chi connectivity index (χ3v) is 3.12. The van der Waals surface area contributed by atoms with Crippen molar-refractivity contribution in [3.63, 3.8) is 0 Å². The van der Waals surface area contributed by atoms with Crippen LogP contribution in [0.25, 0.3) is 0 Å². The van der Waals surface area contributed by atoms with Crippen molar-refractivity contribution in [3.8, 4) is 5.88 Å². The minimum absolute atomic E-state index is 0.143. The molecule has 1 aromatic rings. The van der Waals surface area contributed by atoms with Gasteiger partial charge in [0.25, 0.3) is 5.91 Å². The predicted molar refractivity (Wildman–Crippen MR) is 83.6 cm³/mol. The third-order valence-electron chi connectivity index (χ3n) is 3.12. The molecule has 1 rings (SSSR count). The number of nitrogens with one attached hydrogen (secondary N) is 1. The second-order valence-electron chi connectivity index (χ2n) is 5.10. The number of anilines is 1. The monoisotopic (exact) mass is 294 g/mol. The molecule has 0 radical (unpaired) electrons. The zero-order valence-corrected chi connectivity index (χ0v) is 13.4. The molecular formula is C16H26N2O3. The highest BCUT2D eigenvalue weighted by molar-refractivity contribution is 5.96. The first-order valence-electron chi connectivity index (χ1n) is 7.60. The number of hydrogen-bond donors (Lipinski definition) is 1. The Bertz CT molecular complexity index is 426. The summed E-state index contributed by atoms with van der Waals surface area (Å²) in [5.74, 6) is 0.422. The Labute approximate surface area is 127 Å². The standard InChI is InChI=1S/C16H26N2O3/c1-5-10-16(4,21-7-3)15(19)18-13-8-9-14(17-12-13)20-11-6-2/h8-9,12H,5-7,10-11H2,1-4H3,(H,18,19)/t16-/m1/s1. The minimum atomic E-state index is -0.805. The van der Waals surface area contributed by atoms with Gasteiger partial charge in [-0.3, -0.25) is 4.79 Å². The predicted octanol–water partition coefficient (Wildman–Crippen LogP) is 3.40. The maximum Gasteiger partial charge on any atom is 0.256 e. The van der Waals surface area contributed by atoms with Crippen molar-refractivity contribution in [3.05, 3.63) is 18.3 Å². The van der Waals surface area contributed by atoms with Gasteiger partial charge in [-0.25, -0.2) is 4.98 Å². The Hall–Kier alpha value is -1.62. The summed E-state index contributed by atoms with van der Waals surface area (Å²) >= 11 is 0. The highest BCUT2D eigenvalue weighted by Crippen LogP contribution is 2.21. The molecule has 0 aromatic carbocycles. The van der Waals surface area contributed by atoms with Crippen LogP contribution in [0.2, 0.25) is 0 Å². The van der Waals surface area contributed by atoms with Crippen molar-refractivity contribution >= 4 is 11.6 Å². The Balaban J connectivity index is 2.68. The number of ether oxygens (including phenoxy) is 2. The molecule has 0 aliphatic carbocycles. The molecule has 1 N–H and O–H groups in total. The number of carbonyl (C=O) groups excluding carboxylic acids is 1. The molecule has 118 valence electrons. The van der Waals surface area contributed by atoms with E-state index in [9.17, 15) is 4.79 Å². The summed E-state index contributed by atoms with van der Waals surface area (Å²) in [7, 11) is 0. The number of rotatable bonds is 9. The van der Waals surface area contributed by atoms with Crippen LogP contribution in [0.1, 0.15) is 47.0 Å². The van der Waals surface area contributed by atoms with Gasteiger partial charge in [-0.05, 0) is 32.8 Å². The average Bonchev–Trinajstić information content (AvgIpc) is 2.47. The summed E-state index contributed by atoms with van der Waals surface area (Å²) in [5.41, 5.74) is -0.160. The summed E-state index contributed by atoms with van der Waals surface area (Å²) in [6.45, 7) is 8.93. The van der Waals surface area contributed by atoms with Crippen molar-refractivity contribution in [1.29, 1.82) is 0 Å². The highest BCUT2D eigenvalue weighted by atomic mass is 16.5. The van der Waals surface area contributed by atoms with Crippen LogP contribution in [-0.2, 0) is 9.53 Å². The van der Waals surface area contributed by atoms with Crippen molar-refractivity contribution in [2.24, 2.45) is 0 Å². The Morgan fingerprint density at radius 3 is 2.57 bits per heavy atom. The molecule has 1 amide bonds. The molecule has 0 spiro atoms. The van der Waals surface area contributed by atoms with Crippen LogP contribution >= 0.6 is 0 Å². The zero-order valence-electron chi connectivity index (χ0n) is 13.4. The van der Waals surface area contributed by atoms with E-state index in [2.05, 4.69) is 10.3 Å². The maximum atomic E-state index is 12.4. The Morgan fingerprint density at radius 2 is 2.05 bits per heavy atom. The quantitative estimate of drug-likeness (QED) is 0.758. The first-order valence-corrected chi connectivity index (χ1v) is 7.60. The lowest BCUT2D eigenvalue weighted by Gasteiger charge is -2.27. The second-order valence-corrected chi connectivity index (χ2v) is 5.10. The number of pyridine rings is 1. The van der Waals surface area contributed by atoms with Gasteiger partial charge in [0, 0.05) is 12.7 Å². The molecule has 0 fully saturated rings. The van der Waals surface area contributed by atoms with Crippen LogP contribution in [0.3, 0.4) is 0 Å². The highest BCUT2D eigenvalue weighted by Gasteiger charge is 2.32. The van der Waals surface area contributed by atoms with E-state index in [0.717, 1.165) is 12.8 Å². The van der Waals surface area contributed by atoms with Gasteiger partial charge < -0.3 is 14.8 Å². The number of aromatic nitrogens is 1. The first-order chi connectivity index (χ1) is 10.1. The SMILES string of the molecule is CCCOc1ccc(NC(=O)[C@@](C)(CCC)OCC)cn1. The van der Waals surface area contributed by atoms with Gasteiger partial charge in [0.2, 0.25) is 5.88 Å². The van der Waals surface area contributed by atoms with Crippen molar-refractivity contribution in [2.75, 3.05) is 18.5 Å². The normalized spacial score (nSPS) is 13.5. The molecule has 1 heterocycles. The van der Waals surface area contributed by atoms with Crippen molar-refractivity contribution in [2.45, 2.75) is 52.6 Å². The van der Waals surface area contributed by atoms with Crippen LogP contribution < -0.4 is 10.1 Å². The lowest BCUT2D eigenvalue weighted by molar-refractivity contribution is -0.139. The third kappa shape index (κ3) is 5.34. The fourth-order valence-corrected chi connectivity index (χ4v) is 2.06. The summed E-state index contributed by atoms with van der Waals surface area (Å²) < 4.78 is 11.0. The minimum Gasteiger partial charge on any atom is -0.478 e. The molecule has 0 bridgehead atoms. The topological polar surface area (TPSA) is 60.5 Å². The van der Waals surface area contributed by atoms with Crippen molar-refractivity contribution in [1.82, 2.24) is 4.98 Å². The molecular weight excluding hydrogens is 268 g/mol. The Kier molecular flexibility index (Phi) is 7.15. The second kappa shape index (κ2) is 8.62. The van der Waals surface area contributed by atoms with Gasteiger partial charge in [-0.15, -0.1) is 0 Å². The van der Waals surface area contributed by atoms with Gasteiger partial charge in [0.1, 0.15) is 5.60 Å². The maximum absolute atomic E-state index is 12.4. The molecule has 0 saturated carbocycles. The molecule has 0 unspecified atom stereocenters. The van der Waals surface area contributed by atoms with E-state index in [1.807, 2.05) is 27.7 Å². The van der Waals surface area contributed by atoms with Crippen LogP contribution in [0.5, 0.6) is 5.88 Å². The van der Waals surface area contributed by atoms with Crippen LogP contribution in [0.15, 0.2) is 18.3 Å². The molecule has 1 atom stereocenters. The summed E-state index contributed by atoms with van der Waals surface area (Å²) in [6.07, 6.45) is 4.09. The van der Waals surface area contributed by atoms with Gasteiger partial charge in [-0.1, -0.05) is 20.3 Å². The molecule has 5 nitrogen and oxygen atoms in total. The summed E-state index contributed by atoms with van der Waals surface area (Å²) in [5, 5.41) is 2.85. The van der Waals surface area contributed by atoms with E-state index in [-0.39, 0.29) is 5.91 Å². The van der Waals surface area contributed by atoms with Gasteiger partial charge in [0.05, 0.1) is 18.5 Å². The Morgan fingerprint density at radius 1 is 1.29 bits per heavy atom. The molecule has 0 saturated heterocycles. The number of nitrogens with zero attached hydrogens (tertiary/aromatic N) is 1. The van der Waals surface area contributed by atoms with E-state index in [0.29, 0.717) is 31.2 Å². The number of carbonyl (C=O) groups is 1. The molecule has 0 aliphatic rings. The van der Waals surface area contributed by atoms with E-state index in [1.165, 1.54) is 0 Å². The van der Waals surface area contributed by atoms with Crippen LogP contribution in [0.4, 0.5) is 5.69 Å². The van der Waals surface area contributed by atoms with E-state index in [4.69, 9.17) is 9.47 Å². The van der Waals surface area contributed by atoms with Gasteiger partial charge >= 0.3 is 0 Å². The smallest absolute Gasteiger partial charge is 0.256 e. The number of amides is 1. The van der Waals surface area contributed by atoms with E-state index >= 15 is 0 Å². The van der Waals surface area contributed by atoms with Gasteiger partial charge in [0.15, 0.2) is 0 Å². The molecule has 5 heteroatoms. The largest absolute Gasteiger partial charge is 0.478 e. The van der Waals surface area contributed by atoms with E-state index in [1.54, 1.807) is 18.3 Å². The molecule has 0 aliphatic heterocycles. The average molecular weight is 294 g/mol. The lowest BCUT2D eigenvalue weighted by Crippen LogP contribution is -2.42. The fraction of sp³-hybridized carbons (Fsp3) is 0.625. The molecule has 21 heavy (non-hydrogen) atoms. The van der Waals surface area contributed by atoms with Gasteiger partial charge in [-0.2, -0.15) is 0 Å². The fourth-order valence-electron chi connectivity index (χ4n) is 2.06. The summed E-state index contributed by atoms with van der Waals surface area (Å²) in [4.78, 5) is 16.5. The van der Waals surface area contributed by atoms with Crippen LogP contribution in [-0.4, -0.2) is 29.7 Å². The van der Waals surface area contributed by atoms with Crippen molar-refractivity contribution < 1.29 is 14.3 Å².